The van der Waals surface area contributed by atoms with Crippen molar-refractivity contribution in [1.82, 2.24) is 4.90 Å². The Kier molecular flexibility index (Phi) is 2.41. The highest BCUT2D eigenvalue weighted by Crippen LogP contribution is 2.13. The molecular weight excluding hydrogens is 189 g/mol. The van der Waals surface area contributed by atoms with Gasteiger partial charge >= 0.3 is 0 Å². The average molecular weight is 199 g/mol. The first-order valence-electron chi connectivity index (χ1n) is 4.76. The van der Waals surface area contributed by atoms with E-state index in [1.165, 1.54) is 11.0 Å². The SMILES string of the molecule is BC1=CC(=O)N(Cc2ccccc2)C1=O. The van der Waals surface area contributed by atoms with Crippen LogP contribution >= 0.6 is 0 Å². The third-order valence-electron chi connectivity index (χ3n) is 2.37. The van der Waals surface area contributed by atoms with Crippen LogP contribution in [0.1, 0.15) is 5.56 Å². The average Bonchev–Trinajstić information content (AvgIpc) is 2.47. The number of carbonyl (C=O) groups is 2. The van der Waals surface area contributed by atoms with Crippen LogP contribution in [0.4, 0.5) is 0 Å². The van der Waals surface area contributed by atoms with Gasteiger partial charge in [-0.15, -0.1) is 0 Å². The van der Waals surface area contributed by atoms with Gasteiger partial charge in [0, 0.05) is 6.08 Å². The van der Waals surface area contributed by atoms with Gasteiger partial charge in [0.2, 0.25) is 5.91 Å². The number of nitrogens with zero attached hydrogens (tertiary/aromatic N) is 1. The summed E-state index contributed by atoms with van der Waals surface area (Å²) in [5, 5.41) is 0. The molecule has 15 heavy (non-hydrogen) atoms. The van der Waals surface area contributed by atoms with Crippen molar-refractivity contribution >= 4 is 19.7 Å². The van der Waals surface area contributed by atoms with Crippen molar-refractivity contribution in [2.75, 3.05) is 0 Å². The monoisotopic (exact) mass is 199 g/mol. The van der Waals surface area contributed by atoms with E-state index in [1.807, 2.05) is 30.3 Å². The highest BCUT2D eigenvalue weighted by atomic mass is 16.2. The summed E-state index contributed by atoms with van der Waals surface area (Å²) in [5.41, 5.74) is 1.47. The zero-order valence-electron chi connectivity index (χ0n) is 8.43. The minimum atomic E-state index is -0.221. The van der Waals surface area contributed by atoms with E-state index >= 15 is 0 Å². The minimum absolute atomic E-state index is 0.191. The number of amides is 2. The summed E-state index contributed by atoms with van der Waals surface area (Å²) in [4.78, 5) is 24.2. The number of hydrogen-bond acceptors (Lipinski definition) is 2. The normalized spacial score (nSPS) is 15.7. The Morgan fingerprint density at radius 1 is 1.13 bits per heavy atom. The predicted molar refractivity (Wildman–Crippen MR) is 58.6 cm³/mol. The summed E-state index contributed by atoms with van der Waals surface area (Å²) < 4.78 is 0. The molecule has 0 saturated carbocycles. The van der Waals surface area contributed by atoms with Crippen LogP contribution in [0.15, 0.2) is 41.9 Å². The Labute approximate surface area is 88.8 Å². The fourth-order valence-electron chi connectivity index (χ4n) is 1.55. The van der Waals surface area contributed by atoms with Crippen LogP contribution in [-0.4, -0.2) is 24.6 Å². The van der Waals surface area contributed by atoms with Gasteiger partial charge in [-0.05, 0) is 11.0 Å². The lowest BCUT2D eigenvalue weighted by atomic mass is 9.96. The summed E-state index contributed by atoms with van der Waals surface area (Å²) in [7, 11) is 1.66. The van der Waals surface area contributed by atoms with Crippen molar-refractivity contribution in [2.45, 2.75) is 6.54 Å². The molecular formula is C11H10BNO2. The lowest BCUT2D eigenvalue weighted by Gasteiger charge is -2.14. The Bertz CT molecular complexity index is 439. The highest BCUT2D eigenvalue weighted by molar-refractivity contribution is 6.42. The molecule has 1 heterocycles. The van der Waals surface area contributed by atoms with Gasteiger partial charge in [-0.2, -0.15) is 0 Å². The third kappa shape index (κ3) is 1.84. The van der Waals surface area contributed by atoms with E-state index in [4.69, 9.17) is 0 Å². The first-order chi connectivity index (χ1) is 7.18. The standard InChI is InChI=1S/C11H10BNO2/c12-9-6-10(14)13(11(9)15)7-8-4-2-1-3-5-8/h1-6H,7,12H2. The van der Waals surface area contributed by atoms with Gasteiger partial charge in [-0.3, -0.25) is 14.5 Å². The van der Waals surface area contributed by atoms with E-state index < -0.39 is 0 Å². The van der Waals surface area contributed by atoms with Crippen molar-refractivity contribution in [1.29, 1.82) is 0 Å². The lowest BCUT2D eigenvalue weighted by Crippen LogP contribution is -2.30. The van der Waals surface area contributed by atoms with Gasteiger partial charge in [0.05, 0.1) is 6.54 Å². The molecule has 0 atom stereocenters. The van der Waals surface area contributed by atoms with Crippen molar-refractivity contribution in [3.8, 4) is 0 Å². The van der Waals surface area contributed by atoms with Crippen LogP contribution in [0.25, 0.3) is 0 Å². The number of rotatable bonds is 2. The molecule has 2 amide bonds. The van der Waals surface area contributed by atoms with Crippen molar-refractivity contribution < 1.29 is 9.59 Å². The van der Waals surface area contributed by atoms with Crippen LogP contribution in [-0.2, 0) is 16.1 Å². The quantitative estimate of drug-likeness (QED) is 0.499. The van der Waals surface area contributed by atoms with E-state index in [0.717, 1.165) is 5.56 Å². The number of carbonyl (C=O) groups excluding carboxylic acids is 2. The van der Waals surface area contributed by atoms with Gasteiger partial charge in [-0.25, -0.2) is 0 Å². The van der Waals surface area contributed by atoms with Crippen molar-refractivity contribution in [2.24, 2.45) is 0 Å². The summed E-state index contributed by atoms with van der Waals surface area (Å²) >= 11 is 0. The van der Waals surface area contributed by atoms with Crippen LogP contribution < -0.4 is 0 Å². The molecule has 74 valence electrons. The summed E-state index contributed by atoms with van der Waals surface area (Å²) in [5.74, 6) is -0.412. The molecule has 0 aliphatic carbocycles. The second kappa shape index (κ2) is 3.73. The van der Waals surface area contributed by atoms with Gasteiger partial charge in [0.25, 0.3) is 5.91 Å². The van der Waals surface area contributed by atoms with Gasteiger partial charge in [0.15, 0.2) is 0 Å². The smallest absolute Gasteiger partial charge is 0.253 e. The second-order valence-corrected chi connectivity index (χ2v) is 3.54. The van der Waals surface area contributed by atoms with Crippen LogP contribution in [0.5, 0.6) is 0 Å². The molecule has 0 radical (unpaired) electrons. The van der Waals surface area contributed by atoms with Crippen molar-refractivity contribution in [3.05, 3.63) is 47.4 Å². The van der Waals surface area contributed by atoms with Gasteiger partial charge in [-0.1, -0.05) is 30.3 Å². The van der Waals surface area contributed by atoms with E-state index in [1.54, 1.807) is 7.85 Å². The minimum Gasteiger partial charge on any atom is -0.271 e. The summed E-state index contributed by atoms with van der Waals surface area (Å²) in [6.45, 7) is 0.354. The van der Waals surface area contributed by atoms with Crippen LogP contribution in [0.3, 0.4) is 0 Å². The molecule has 4 heteroatoms. The molecule has 0 aromatic heterocycles. The Hall–Kier alpha value is -1.84. The van der Waals surface area contributed by atoms with E-state index in [9.17, 15) is 9.59 Å². The maximum atomic E-state index is 11.6. The lowest BCUT2D eigenvalue weighted by molar-refractivity contribution is -0.137. The van der Waals surface area contributed by atoms with E-state index in [0.29, 0.717) is 12.0 Å². The largest absolute Gasteiger partial charge is 0.271 e. The number of imide groups is 1. The van der Waals surface area contributed by atoms with Crippen LogP contribution in [0, 0.1) is 0 Å². The first-order valence-corrected chi connectivity index (χ1v) is 4.76. The first kappa shape index (κ1) is 9.71. The fourth-order valence-corrected chi connectivity index (χ4v) is 1.55. The molecule has 0 unspecified atom stereocenters. The second-order valence-electron chi connectivity index (χ2n) is 3.54. The zero-order chi connectivity index (χ0) is 10.8. The molecule has 3 nitrogen and oxygen atoms in total. The number of hydrogen-bond donors (Lipinski definition) is 0. The Morgan fingerprint density at radius 3 is 2.33 bits per heavy atom. The maximum Gasteiger partial charge on any atom is 0.253 e. The van der Waals surface area contributed by atoms with Crippen molar-refractivity contribution in [3.63, 3.8) is 0 Å². The molecule has 2 rings (SSSR count). The predicted octanol–water partition coefficient (Wildman–Crippen LogP) is 0.0724. The van der Waals surface area contributed by atoms with E-state index in [-0.39, 0.29) is 11.8 Å². The topological polar surface area (TPSA) is 37.4 Å². The molecule has 0 N–H and O–H groups in total. The maximum absolute atomic E-state index is 11.6. The zero-order valence-corrected chi connectivity index (χ0v) is 8.43. The number of benzene rings is 1. The van der Waals surface area contributed by atoms with Gasteiger partial charge < -0.3 is 0 Å². The Morgan fingerprint density at radius 2 is 1.80 bits per heavy atom. The van der Waals surface area contributed by atoms with Crippen LogP contribution in [0.2, 0.25) is 0 Å². The highest BCUT2D eigenvalue weighted by Gasteiger charge is 2.27. The summed E-state index contributed by atoms with van der Waals surface area (Å²) in [6, 6.07) is 9.48. The molecule has 0 saturated heterocycles. The summed E-state index contributed by atoms with van der Waals surface area (Å²) in [6.07, 6.45) is 1.38. The molecule has 1 aromatic carbocycles. The Balaban J connectivity index is 2.15. The molecule has 1 aliphatic heterocycles. The fraction of sp³-hybridized carbons (Fsp3) is 0.0909. The third-order valence-corrected chi connectivity index (χ3v) is 2.37. The molecule has 1 aromatic rings. The molecule has 0 spiro atoms. The molecule has 1 aliphatic rings. The van der Waals surface area contributed by atoms with Gasteiger partial charge in [0.1, 0.15) is 7.85 Å². The van der Waals surface area contributed by atoms with E-state index in [2.05, 4.69) is 0 Å². The molecule has 0 bridgehead atoms. The molecule has 0 fully saturated rings.